The molecule has 2 aromatic rings. The molecule has 0 amide bonds. The average Bonchev–Trinajstić information content (AvgIpc) is 2.72. The molecule has 90 valence electrons. The fraction of sp³-hybridized carbons (Fsp3) is 0.417. The van der Waals surface area contributed by atoms with Crippen LogP contribution in [0.3, 0.4) is 0 Å². The minimum absolute atomic E-state index is 0.538. The lowest BCUT2D eigenvalue weighted by molar-refractivity contribution is 0.603. The summed E-state index contributed by atoms with van der Waals surface area (Å²) in [6.07, 6.45) is 4.88. The maximum atomic E-state index is 5.85. The van der Waals surface area contributed by atoms with E-state index in [2.05, 4.69) is 22.0 Å². The molecule has 5 heteroatoms. The SMILES string of the molecule is CCCn1cc(-c2nc(C)nc(N)c2C)cn1. The molecule has 0 atom stereocenters. The van der Waals surface area contributed by atoms with E-state index in [0.29, 0.717) is 11.6 Å². The third-order valence-electron chi connectivity index (χ3n) is 2.65. The molecular weight excluding hydrogens is 214 g/mol. The summed E-state index contributed by atoms with van der Waals surface area (Å²) in [5, 5.41) is 4.30. The molecular formula is C12H17N5. The quantitative estimate of drug-likeness (QED) is 0.876. The van der Waals surface area contributed by atoms with Gasteiger partial charge in [0.05, 0.1) is 11.9 Å². The first-order valence-corrected chi connectivity index (χ1v) is 5.75. The molecule has 2 aromatic heterocycles. The molecule has 5 nitrogen and oxygen atoms in total. The first kappa shape index (κ1) is 11.6. The molecule has 0 aliphatic carbocycles. The van der Waals surface area contributed by atoms with Crippen LogP contribution in [0.5, 0.6) is 0 Å². The molecule has 0 bridgehead atoms. The summed E-state index contributed by atoms with van der Waals surface area (Å²) in [6, 6.07) is 0. The highest BCUT2D eigenvalue weighted by Gasteiger charge is 2.10. The van der Waals surface area contributed by atoms with E-state index in [9.17, 15) is 0 Å². The highest BCUT2D eigenvalue weighted by molar-refractivity contribution is 5.65. The molecule has 0 fully saturated rings. The van der Waals surface area contributed by atoms with Gasteiger partial charge in [-0.3, -0.25) is 4.68 Å². The number of nitrogens with two attached hydrogens (primary N) is 1. The van der Waals surface area contributed by atoms with Crippen molar-refractivity contribution in [3.63, 3.8) is 0 Å². The number of aromatic nitrogens is 4. The Hall–Kier alpha value is -1.91. The second kappa shape index (κ2) is 4.53. The Balaban J connectivity index is 2.44. The summed E-state index contributed by atoms with van der Waals surface area (Å²) in [7, 11) is 0. The van der Waals surface area contributed by atoms with Crippen LogP contribution in [0.2, 0.25) is 0 Å². The predicted molar refractivity (Wildman–Crippen MR) is 67.4 cm³/mol. The molecule has 0 saturated heterocycles. The van der Waals surface area contributed by atoms with Gasteiger partial charge in [-0.25, -0.2) is 9.97 Å². The van der Waals surface area contributed by atoms with Gasteiger partial charge in [0.1, 0.15) is 11.6 Å². The van der Waals surface area contributed by atoms with Gasteiger partial charge in [0.25, 0.3) is 0 Å². The van der Waals surface area contributed by atoms with Crippen molar-refractivity contribution in [2.24, 2.45) is 0 Å². The minimum Gasteiger partial charge on any atom is -0.383 e. The van der Waals surface area contributed by atoms with Crippen molar-refractivity contribution in [2.45, 2.75) is 33.7 Å². The van der Waals surface area contributed by atoms with Crippen LogP contribution in [0.4, 0.5) is 5.82 Å². The first-order valence-electron chi connectivity index (χ1n) is 5.75. The van der Waals surface area contributed by atoms with E-state index in [4.69, 9.17) is 5.73 Å². The summed E-state index contributed by atoms with van der Waals surface area (Å²) in [5.41, 5.74) is 8.62. The molecule has 2 heterocycles. The Morgan fingerprint density at radius 2 is 2.06 bits per heavy atom. The highest BCUT2D eigenvalue weighted by Crippen LogP contribution is 2.23. The maximum absolute atomic E-state index is 5.85. The molecule has 17 heavy (non-hydrogen) atoms. The van der Waals surface area contributed by atoms with E-state index >= 15 is 0 Å². The van der Waals surface area contributed by atoms with Crippen LogP contribution < -0.4 is 5.73 Å². The molecule has 0 aliphatic rings. The number of nitrogens with zero attached hydrogens (tertiary/aromatic N) is 4. The zero-order chi connectivity index (χ0) is 12.4. The number of anilines is 1. The van der Waals surface area contributed by atoms with Crippen LogP contribution in [0.1, 0.15) is 24.7 Å². The Morgan fingerprint density at radius 3 is 2.76 bits per heavy atom. The Labute approximate surface area is 101 Å². The van der Waals surface area contributed by atoms with Gasteiger partial charge in [-0.1, -0.05) is 6.92 Å². The second-order valence-corrected chi connectivity index (χ2v) is 4.12. The van der Waals surface area contributed by atoms with Gasteiger partial charge in [-0.2, -0.15) is 5.10 Å². The number of hydrogen-bond acceptors (Lipinski definition) is 4. The van der Waals surface area contributed by atoms with Crippen molar-refractivity contribution in [2.75, 3.05) is 5.73 Å². The van der Waals surface area contributed by atoms with Crippen molar-refractivity contribution in [1.29, 1.82) is 0 Å². The van der Waals surface area contributed by atoms with Gasteiger partial charge in [0.15, 0.2) is 0 Å². The molecule has 2 N–H and O–H groups in total. The molecule has 0 aromatic carbocycles. The normalized spacial score (nSPS) is 10.8. The fourth-order valence-corrected chi connectivity index (χ4v) is 1.77. The van der Waals surface area contributed by atoms with Crippen molar-refractivity contribution in [3.05, 3.63) is 23.8 Å². The van der Waals surface area contributed by atoms with Gasteiger partial charge >= 0.3 is 0 Å². The van der Waals surface area contributed by atoms with Crippen LogP contribution in [0, 0.1) is 13.8 Å². The zero-order valence-electron chi connectivity index (χ0n) is 10.4. The number of aryl methyl sites for hydroxylation is 2. The molecule has 2 rings (SSSR count). The van der Waals surface area contributed by atoms with E-state index in [1.807, 2.05) is 30.9 Å². The molecule has 0 saturated carbocycles. The van der Waals surface area contributed by atoms with Gasteiger partial charge in [-0.05, 0) is 20.3 Å². The topological polar surface area (TPSA) is 69.6 Å². The third kappa shape index (κ3) is 2.27. The number of nitrogen functional groups attached to an aromatic ring is 1. The van der Waals surface area contributed by atoms with Crippen LogP contribution in [-0.4, -0.2) is 19.7 Å². The molecule has 0 spiro atoms. The number of rotatable bonds is 3. The summed E-state index contributed by atoms with van der Waals surface area (Å²) < 4.78 is 1.92. The minimum atomic E-state index is 0.538. The Morgan fingerprint density at radius 1 is 1.29 bits per heavy atom. The van der Waals surface area contributed by atoms with Gasteiger partial charge in [-0.15, -0.1) is 0 Å². The maximum Gasteiger partial charge on any atom is 0.130 e. The van der Waals surface area contributed by atoms with Crippen LogP contribution >= 0.6 is 0 Å². The average molecular weight is 231 g/mol. The van der Waals surface area contributed by atoms with Gasteiger partial charge in [0.2, 0.25) is 0 Å². The highest BCUT2D eigenvalue weighted by atomic mass is 15.3. The van der Waals surface area contributed by atoms with Crippen molar-refractivity contribution >= 4 is 5.82 Å². The van der Waals surface area contributed by atoms with E-state index in [-0.39, 0.29) is 0 Å². The standard InChI is InChI=1S/C12H17N5/c1-4-5-17-7-10(6-14-17)11-8(2)12(13)16-9(3)15-11/h6-7H,4-5H2,1-3H3,(H2,13,15,16). The lowest BCUT2D eigenvalue weighted by atomic mass is 10.1. The molecule has 0 aliphatic heterocycles. The largest absolute Gasteiger partial charge is 0.383 e. The Kier molecular flexibility index (Phi) is 3.08. The first-order chi connectivity index (χ1) is 8.11. The van der Waals surface area contributed by atoms with E-state index in [1.54, 1.807) is 0 Å². The van der Waals surface area contributed by atoms with E-state index < -0.39 is 0 Å². The van der Waals surface area contributed by atoms with Crippen LogP contribution in [0.15, 0.2) is 12.4 Å². The number of hydrogen-bond donors (Lipinski definition) is 1. The lowest BCUT2D eigenvalue weighted by Gasteiger charge is -2.06. The summed E-state index contributed by atoms with van der Waals surface area (Å²) in [5.74, 6) is 1.22. The van der Waals surface area contributed by atoms with Crippen molar-refractivity contribution in [3.8, 4) is 11.3 Å². The molecule has 0 radical (unpaired) electrons. The zero-order valence-corrected chi connectivity index (χ0v) is 10.4. The van der Waals surface area contributed by atoms with Crippen LogP contribution in [-0.2, 0) is 6.54 Å². The second-order valence-electron chi connectivity index (χ2n) is 4.12. The summed E-state index contributed by atoms with van der Waals surface area (Å²) in [6.45, 7) is 6.81. The smallest absolute Gasteiger partial charge is 0.130 e. The van der Waals surface area contributed by atoms with Crippen LogP contribution in [0.25, 0.3) is 11.3 Å². The van der Waals surface area contributed by atoms with Gasteiger partial charge < -0.3 is 5.73 Å². The van der Waals surface area contributed by atoms with Crippen molar-refractivity contribution < 1.29 is 0 Å². The lowest BCUT2D eigenvalue weighted by Crippen LogP contribution is -2.01. The predicted octanol–water partition coefficient (Wildman–Crippen LogP) is 1.95. The van der Waals surface area contributed by atoms with Gasteiger partial charge in [0, 0.05) is 23.9 Å². The summed E-state index contributed by atoms with van der Waals surface area (Å²) in [4.78, 5) is 8.57. The van der Waals surface area contributed by atoms with Crippen molar-refractivity contribution in [1.82, 2.24) is 19.7 Å². The van der Waals surface area contributed by atoms with E-state index in [0.717, 1.165) is 29.8 Å². The monoisotopic (exact) mass is 231 g/mol. The van der Waals surface area contributed by atoms with E-state index in [1.165, 1.54) is 0 Å². The third-order valence-corrected chi connectivity index (χ3v) is 2.65. The Bertz CT molecular complexity index is 530. The summed E-state index contributed by atoms with van der Waals surface area (Å²) >= 11 is 0. The fourth-order valence-electron chi connectivity index (χ4n) is 1.77. The molecule has 0 unspecified atom stereocenters.